The molecule has 4 atom stereocenters. The maximum Gasteiger partial charge on any atom is 0.309 e. The molecule has 0 amide bonds. The van der Waals surface area contributed by atoms with Gasteiger partial charge in [-0.25, -0.2) is 0 Å². The Labute approximate surface area is 203 Å². The normalized spacial score (nSPS) is 25.6. The van der Waals surface area contributed by atoms with Crippen LogP contribution in [-0.2, 0) is 21.4 Å². The predicted molar refractivity (Wildman–Crippen MR) is 133 cm³/mol. The van der Waals surface area contributed by atoms with Gasteiger partial charge in [0.05, 0.1) is 12.0 Å². The number of carboxylic acids is 1. The van der Waals surface area contributed by atoms with Crippen molar-refractivity contribution in [1.82, 2.24) is 0 Å². The van der Waals surface area contributed by atoms with E-state index >= 15 is 0 Å². The van der Waals surface area contributed by atoms with Crippen LogP contribution < -0.4 is 9.47 Å². The van der Waals surface area contributed by atoms with Gasteiger partial charge >= 0.3 is 5.97 Å². The number of carboxylic acid groups (broad SMARTS) is 1. The van der Waals surface area contributed by atoms with Crippen LogP contribution in [0.2, 0.25) is 0 Å². The number of benzene rings is 2. The molecule has 0 aromatic heterocycles. The van der Waals surface area contributed by atoms with Gasteiger partial charge in [0, 0.05) is 11.5 Å². The first-order valence-corrected chi connectivity index (χ1v) is 12.4. The number of fused-ring (bicyclic) bond motifs is 3. The molecule has 2 heterocycles. The summed E-state index contributed by atoms with van der Waals surface area (Å²) in [7, 11) is 0. The molecule has 0 bridgehead atoms. The van der Waals surface area contributed by atoms with Crippen LogP contribution in [0.5, 0.6) is 11.5 Å². The zero-order valence-electron chi connectivity index (χ0n) is 21.3. The van der Waals surface area contributed by atoms with Crippen LogP contribution in [0.1, 0.15) is 77.2 Å². The number of hydrogen-bond acceptors (Lipinski definition) is 4. The molecule has 0 unspecified atom stereocenters. The van der Waals surface area contributed by atoms with Crippen LogP contribution in [0.3, 0.4) is 0 Å². The molecular formula is C29H38O5. The SMILES string of the molecule is CCCc1ccc2c(c1)[C@H]1O[C@@H](COc3ccc(C(C)(C)C)cc3)[C@H](C(=O)O)C[C@@H]1C(C)(C)O2. The molecule has 0 aliphatic carbocycles. The second kappa shape index (κ2) is 9.26. The van der Waals surface area contributed by atoms with Crippen molar-refractivity contribution in [2.24, 2.45) is 11.8 Å². The number of hydrogen-bond donors (Lipinski definition) is 1. The van der Waals surface area contributed by atoms with E-state index in [4.69, 9.17) is 14.2 Å². The van der Waals surface area contributed by atoms with Crippen molar-refractivity contribution in [3.05, 3.63) is 59.2 Å². The third-order valence-corrected chi connectivity index (χ3v) is 7.28. The summed E-state index contributed by atoms with van der Waals surface area (Å²) in [5.41, 5.74) is 3.04. The van der Waals surface area contributed by atoms with Gasteiger partial charge in [0.1, 0.15) is 29.8 Å². The maximum atomic E-state index is 12.2. The summed E-state index contributed by atoms with van der Waals surface area (Å²) in [5, 5.41) is 10.0. The molecule has 184 valence electrons. The first kappa shape index (κ1) is 24.6. The Morgan fingerprint density at radius 2 is 1.85 bits per heavy atom. The Morgan fingerprint density at radius 1 is 1.15 bits per heavy atom. The molecule has 0 radical (unpaired) electrons. The van der Waals surface area contributed by atoms with E-state index in [1.807, 2.05) is 32.0 Å². The van der Waals surface area contributed by atoms with E-state index in [2.05, 4.69) is 52.0 Å². The number of aliphatic carboxylic acids is 1. The highest BCUT2D eigenvalue weighted by molar-refractivity contribution is 5.71. The van der Waals surface area contributed by atoms with E-state index in [9.17, 15) is 9.90 Å². The van der Waals surface area contributed by atoms with Crippen LogP contribution in [-0.4, -0.2) is 29.4 Å². The average Bonchev–Trinajstić information content (AvgIpc) is 2.77. The Morgan fingerprint density at radius 3 is 2.47 bits per heavy atom. The number of rotatable bonds is 6. The smallest absolute Gasteiger partial charge is 0.309 e. The first-order chi connectivity index (χ1) is 16.0. The van der Waals surface area contributed by atoms with Gasteiger partial charge in [-0.3, -0.25) is 4.79 Å². The van der Waals surface area contributed by atoms with Gasteiger partial charge in [-0.15, -0.1) is 0 Å². The van der Waals surface area contributed by atoms with E-state index in [1.165, 1.54) is 11.1 Å². The van der Waals surface area contributed by atoms with E-state index in [0.717, 1.165) is 29.9 Å². The van der Waals surface area contributed by atoms with Crippen molar-refractivity contribution < 1.29 is 24.1 Å². The molecule has 2 aromatic rings. The predicted octanol–water partition coefficient (Wildman–Crippen LogP) is 6.33. The topological polar surface area (TPSA) is 65.0 Å². The van der Waals surface area contributed by atoms with E-state index in [1.54, 1.807) is 0 Å². The Balaban J connectivity index is 1.58. The largest absolute Gasteiger partial charge is 0.491 e. The molecular weight excluding hydrogens is 428 g/mol. The molecule has 1 saturated heterocycles. The number of aryl methyl sites for hydroxylation is 1. The molecule has 5 nitrogen and oxygen atoms in total. The van der Waals surface area contributed by atoms with Gasteiger partial charge < -0.3 is 19.3 Å². The van der Waals surface area contributed by atoms with Crippen molar-refractivity contribution in [3.63, 3.8) is 0 Å². The average molecular weight is 467 g/mol. The second-order valence-corrected chi connectivity index (χ2v) is 11.3. The van der Waals surface area contributed by atoms with Crippen LogP contribution in [0.4, 0.5) is 0 Å². The van der Waals surface area contributed by atoms with Gasteiger partial charge in [-0.05, 0) is 67.5 Å². The van der Waals surface area contributed by atoms with Crippen molar-refractivity contribution in [3.8, 4) is 11.5 Å². The van der Waals surface area contributed by atoms with Crippen molar-refractivity contribution >= 4 is 5.97 Å². The fourth-order valence-corrected chi connectivity index (χ4v) is 5.23. The molecule has 0 saturated carbocycles. The highest BCUT2D eigenvalue weighted by Crippen LogP contribution is 2.52. The summed E-state index contributed by atoms with van der Waals surface area (Å²) in [5.74, 6) is -0.00628. The Bertz CT molecular complexity index is 1020. The number of carbonyl (C=O) groups is 1. The highest BCUT2D eigenvalue weighted by Gasteiger charge is 2.52. The molecule has 1 N–H and O–H groups in total. The molecule has 0 spiro atoms. The van der Waals surface area contributed by atoms with Crippen LogP contribution in [0.15, 0.2) is 42.5 Å². The van der Waals surface area contributed by atoms with E-state index in [0.29, 0.717) is 6.42 Å². The van der Waals surface area contributed by atoms with Crippen molar-refractivity contribution in [2.45, 2.75) is 84.0 Å². The molecule has 2 aliphatic rings. The summed E-state index contributed by atoms with van der Waals surface area (Å²) < 4.78 is 19.0. The molecule has 2 aromatic carbocycles. The Hall–Kier alpha value is -2.53. The van der Waals surface area contributed by atoms with Crippen LogP contribution in [0, 0.1) is 11.8 Å². The van der Waals surface area contributed by atoms with Gasteiger partial charge in [0.2, 0.25) is 0 Å². The molecule has 1 fully saturated rings. The summed E-state index contributed by atoms with van der Waals surface area (Å²) in [6, 6.07) is 14.4. The minimum Gasteiger partial charge on any atom is -0.491 e. The molecule has 5 heteroatoms. The molecule has 34 heavy (non-hydrogen) atoms. The zero-order valence-corrected chi connectivity index (χ0v) is 21.3. The third kappa shape index (κ3) is 4.95. The van der Waals surface area contributed by atoms with Crippen molar-refractivity contribution in [1.29, 1.82) is 0 Å². The molecule has 2 aliphatic heterocycles. The zero-order chi connectivity index (χ0) is 24.7. The minimum absolute atomic E-state index is 0.0553. The summed E-state index contributed by atoms with van der Waals surface area (Å²) in [4.78, 5) is 12.2. The fourth-order valence-electron chi connectivity index (χ4n) is 5.23. The Kier molecular flexibility index (Phi) is 6.69. The van der Waals surface area contributed by atoms with E-state index in [-0.39, 0.29) is 24.0 Å². The lowest BCUT2D eigenvalue weighted by Crippen LogP contribution is -2.53. The first-order valence-electron chi connectivity index (χ1n) is 12.4. The standard InChI is InChI=1S/C29H38O5/c1-7-8-18-9-14-24-21(15-18)26-23(29(5,6)34-24)16-22(27(30)31)25(33-26)17-32-20-12-10-19(11-13-20)28(2,3)4/h9-15,22-23,25-26H,7-8,16-17H2,1-6H3,(H,30,31)/t22-,23+,25+,26-/m1/s1. The highest BCUT2D eigenvalue weighted by atomic mass is 16.6. The van der Waals surface area contributed by atoms with Gasteiger partial charge in [0.15, 0.2) is 0 Å². The lowest BCUT2D eigenvalue weighted by atomic mass is 9.71. The van der Waals surface area contributed by atoms with E-state index < -0.39 is 23.6 Å². The monoisotopic (exact) mass is 466 g/mol. The second-order valence-electron chi connectivity index (χ2n) is 11.3. The van der Waals surface area contributed by atoms with Crippen LogP contribution >= 0.6 is 0 Å². The van der Waals surface area contributed by atoms with Crippen molar-refractivity contribution in [2.75, 3.05) is 6.61 Å². The van der Waals surface area contributed by atoms with Crippen LogP contribution in [0.25, 0.3) is 0 Å². The van der Waals surface area contributed by atoms with Gasteiger partial charge in [0.25, 0.3) is 0 Å². The lowest BCUT2D eigenvalue weighted by Gasteiger charge is -2.50. The maximum absolute atomic E-state index is 12.2. The summed E-state index contributed by atoms with van der Waals surface area (Å²) in [6.07, 6.45) is 1.77. The van der Waals surface area contributed by atoms with Gasteiger partial charge in [-0.2, -0.15) is 0 Å². The summed E-state index contributed by atoms with van der Waals surface area (Å²) >= 11 is 0. The third-order valence-electron chi connectivity index (χ3n) is 7.28. The quantitative estimate of drug-likeness (QED) is 0.539. The lowest BCUT2D eigenvalue weighted by molar-refractivity contribution is -0.192. The summed E-state index contributed by atoms with van der Waals surface area (Å²) in [6.45, 7) is 12.9. The minimum atomic E-state index is -0.850. The fraction of sp³-hybridized carbons (Fsp3) is 0.552. The number of ether oxygens (including phenoxy) is 3. The van der Waals surface area contributed by atoms with Gasteiger partial charge in [-0.1, -0.05) is 52.3 Å². The molecule has 4 rings (SSSR count).